The summed E-state index contributed by atoms with van der Waals surface area (Å²) < 4.78 is 0. The minimum atomic E-state index is -0.175. The molecule has 0 aromatic heterocycles. The van der Waals surface area contributed by atoms with E-state index in [0.717, 1.165) is 12.8 Å². The molecule has 1 fully saturated rings. The van der Waals surface area contributed by atoms with Gasteiger partial charge >= 0.3 is 0 Å². The lowest BCUT2D eigenvalue weighted by atomic mass is 10.1. The molecule has 0 radical (unpaired) electrons. The standard InChI is InChI=1S/C14H19N3O2/c1-16-14(19)10-3-2-4-11(7-10)17-13(18)8-12(15)9-5-6-9/h2-4,7,9,12H,5-6,8,15H2,1H3,(H,16,19)(H,17,18). The Balaban J connectivity index is 1.94. The number of nitrogens with one attached hydrogen (secondary N) is 2. The molecule has 1 saturated carbocycles. The second kappa shape index (κ2) is 5.84. The fourth-order valence-electron chi connectivity index (χ4n) is 2.00. The van der Waals surface area contributed by atoms with Gasteiger partial charge in [-0.25, -0.2) is 0 Å². The Bertz CT molecular complexity index is 483. The first-order valence-corrected chi connectivity index (χ1v) is 6.47. The van der Waals surface area contributed by atoms with Crippen LogP contribution in [0.2, 0.25) is 0 Å². The number of nitrogens with two attached hydrogens (primary N) is 1. The fourth-order valence-corrected chi connectivity index (χ4v) is 2.00. The number of hydrogen-bond donors (Lipinski definition) is 3. The summed E-state index contributed by atoms with van der Waals surface area (Å²) in [6, 6.07) is 6.79. The molecule has 19 heavy (non-hydrogen) atoms. The van der Waals surface area contributed by atoms with Crippen molar-refractivity contribution in [3.8, 4) is 0 Å². The molecule has 102 valence electrons. The first-order valence-electron chi connectivity index (χ1n) is 6.47. The number of amides is 2. The number of hydrogen-bond acceptors (Lipinski definition) is 3. The van der Waals surface area contributed by atoms with E-state index in [4.69, 9.17) is 5.73 Å². The van der Waals surface area contributed by atoms with E-state index in [9.17, 15) is 9.59 Å². The Labute approximate surface area is 112 Å². The summed E-state index contributed by atoms with van der Waals surface area (Å²) >= 11 is 0. The normalized spacial score (nSPS) is 15.7. The molecule has 0 heterocycles. The van der Waals surface area contributed by atoms with Crippen LogP contribution in [0.15, 0.2) is 24.3 Å². The van der Waals surface area contributed by atoms with E-state index in [1.807, 2.05) is 0 Å². The van der Waals surface area contributed by atoms with Gasteiger partial charge in [0.15, 0.2) is 0 Å². The van der Waals surface area contributed by atoms with Crippen molar-refractivity contribution in [3.05, 3.63) is 29.8 Å². The Kier molecular flexibility index (Phi) is 4.16. The maximum Gasteiger partial charge on any atom is 0.251 e. The molecular weight excluding hydrogens is 242 g/mol. The van der Waals surface area contributed by atoms with Gasteiger partial charge in [0.05, 0.1) is 0 Å². The van der Waals surface area contributed by atoms with E-state index < -0.39 is 0 Å². The highest BCUT2D eigenvalue weighted by Gasteiger charge is 2.29. The number of anilines is 1. The minimum Gasteiger partial charge on any atom is -0.355 e. The first-order chi connectivity index (χ1) is 9.10. The highest BCUT2D eigenvalue weighted by molar-refractivity contribution is 5.97. The molecular formula is C14H19N3O2. The first kappa shape index (κ1) is 13.5. The van der Waals surface area contributed by atoms with Crippen LogP contribution in [0.3, 0.4) is 0 Å². The van der Waals surface area contributed by atoms with Crippen LogP contribution in [0.4, 0.5) is 5.69 Å². The van der Waals surface area contributed by atoms with Crippen molar-refractivity contribution in [3.63, 3.8) is 0 Å². The van der Waals surface area contributed by atoms with Crippen LogP contribution in [-0.4, -0.2) is 24.9 Å². The van der Waals surface area contributed by atoms with Crippen molar-refractivity contribution in [2.45, 2.75) is 25.3 Å². The predicted molar refractivity (Wildman–Crippen MR) is 73.8 cm³/mol. The molecule has 1 aromatic rings. The number of rotatable bonds is 5. The Morgan fingerprint density at radius 1 is 1.42 bits per heavy atom. The molecule has 1 unspecified atom stereocenters. The third kappa shape index (κ3) is 3.79. The summed E-state index contributed by atoms with van der Waals surface area (Å²) in [5, 5.41) is 5.32. The third-order valence-electron chi connectivity index (χ3n) is 3.28. The molecule has 1 atom stereocenters. The number of carbonyl (C=O) groups is 2. The summed E-state index contributed by atoms with van der Waals surface area (Å²) in [7, 11) is 1.57. The van der Waals surface area contributed by atoms with E-state index >= 15 is 0 Å². The van der Waals surface area contributed by atoms with E-state index in [-0.39, 0.29) is 17.9 Å². The molecule has 4 N–H and O–H groups in total. The van der Waals surface area contributed by atoms with Gasteiger partial charge in [-0.2, -0.15) is 0 Å². The van der Waals surface area contributed by atoms with E-state index in [0.29, 0.717) is 23.6 Å². The van der Waals surface area contributed by atoms with Crippen molar-refractivity contribution < 1.29 is 9.59 Å². The molecule has 0 aliphatic heterocycles. The molecule has 1 aliphatic rings. The largest absolute Gasteiger partial charge is 0.355 e. The van der Waals surface area contributed by atoms with Gasteiger partial charge < -0.3 is 16.4 Å². The van der Waals surface area contributed by atoms with Crippen LogP contribution in [0.1, 0.15) is 29.6 Å². The molecule has 2 rings (SSSR count). The van der Waals surface area contributed by atoms with Gasteiger partial charge in [0.25, 0.3) is 5.91 Å². The number of benzene rings is 1. The summed E-state index contributed by atoms with van der Waals surface area (Å²) in [5.41, 5.74) is 7.05. The monoisotopic (exact) mass is 261 g/mol. The second-order valence-corrected chi connectivity index (χ2v) is 4.91. The lowest BCUT2D eigenvalue weighted by molar-refractivity contribution is -0.116. The zero-order valence-corrected chi connectivity index (χ0v) is 11.0. The van der Waals surface area contributed by atoms with Crippen LogP contribution in [0.25, 0.3) is 0 Å². The van der Waals surface area contributed by atoms with Crippen molar-refractivity contribution >= 4 is 17.5 Å². The average molecular weight is 261 g/mol. The van der Waals surface area contributed by atoms with Gasteiger partial charge in [-0.3, -0.25) is 9.59 Å². The van der Waals surface area contributed by atoms with Gasteiger partial charge in [-0.05, 0) is 37.0 Å². The van der Waals surface area contributed by atoms with Gasteiger partial charge in [0.1, 0.15) is 0 Å². The molecule has 5 nitrogen and oxygen atoms in total. The maximum absolute atomic E-state index is 11.8. The van der Waals surface area contributed by atoms with Crippen LogP contribution < -0.4 is 16.4 Å². The topological polar surface area (TPSA) is 84.2 Å². The van der Waals surface area contributed by atoms with E-state index in [1.54, 1.807) is 31.3 Å². The molecule has 1 aliphatic carbocycles. The van der Waals surface area contributed by atoms with Crippen molar-refractivity contribution in [2.75, 3.05) is 12.4 Å². The third-order valence-corrected chi connectivity index (χ3v) is 3.28. The zero-order chi connectivity index (χ0) is 13.8. The van der Waals surface area contributed by atoms with E-state index in [2.05, 4.69) is 10.6 Å². The number of carbonyl (C=O) groups excluding carboxylic acids is 2. The lowest BCUT2D eigenvalue weighted by Gasteiger charge is -2.11. The van der Waals surface area contributed by atoms with Gasteiger partial charge in [-0.15, -0.1) is 0 Å². The lowest BCUT2D eigenvalue weighted by Crippen LogP contribution is -2.29. The molecule has 1 aromatic carbocycles. The van der Waals surface area contributed by atoms with Gasteiger partial charge in [0, 0.05) is 30.8 Å². The molecule has 0 saturated heterocycles. The smallest absolute Gasteiger partial charge is 0.251 e. The highest BCUT2D eigenvalue weighted by atomic mass is 16.2. The molecule has 2 amide bonds. The summed E-state index contributed by atoms with van der Waals surface area (Å²) in [6.07, 6.45) is 2.58. The summed E-state index contributed by atoms with van der Waals surface area (Å²) in [4.78, 5) is 23.3. The predicted octanol–water partition coefficient (Wildman–Crippen LogP) is 1.11. The van der Waals surface area contributed by atoms with Crippen LogP contribution in [-0.2, 0) is 4.79 Å². The van der Waals surface area contributed by atoms with Crippen molar-refractivity contribution in [2.24, 2.45) is 11.7 Å². The SMILES string of the molecule is CNC(=O)c1cccc(NC(=O)CC(N)C2CC2)c1. The summed E-state index contributed by atoms with van der Waals surface area (Å²) in [6.45, 7) is 0. The van der Waals surface area contributed by atoms with Gasteiger partial charge in [0.2, 0.25) is 5.91 Å². The van der Waals surface area contributed by atoms with Crippen LogP contribution in [0, 0.1) is 5.92 Å². The summed E-state index contributed by atoms with van der Waals surface area (Å²) in [5.74, 6) is 0.224. The van der Waals surface area contributed by atoms with Crippen molar-refractivity contribution in [1.82, 2.24) is 5.32 Å². The minimum absolute atomic E-state index is 0.0536. The Hall–Kier alpha value is -1.88. The second-order valence-electron chi connectivity index (χ2n) is 4.91. The Morgan fingerprint density at radius 3 is 2.79 bits per heavy atom. The average Bonchev–Trinajstić information content (AvgIpc) is 3.22. The van der Waals surface area contributed by atoms with Crippen LogP contribution in [0.5, 0.6) is 0 Å². The maximum atomic E-state index is 11.8. The Morgan fingerprint density at radius 2 is 2.16 bits per heavy atom. The van der Waals surface area contributed by atoms with E-state index in [1.165, 1.54) is 0 Å². The zero-order valence-electron chi connectivity index (χ0n) is 11.0. The quantitative estimate of drug-likeness (QED) is 0.742. The van der Waals surface area contributed by atoms with Crippen molar-refractivity contribution in [1.29, 1.82) is 0 Å². The van der Waals surface area contributed by atoms with Gasteiger partial charge in [-0.1, -0.05) is 6.07 Å². The molecule has 0 bridgehead atoms. The molecule has 0 spiro atoms. The highest BCUT2D eigenvalue weighted by Crippen LogP contribution is 2.32. The fraction of sp³-hybridized carbons (Fsp3) is 0.429. The molecule has 5 heteroatoms. The van der Waals surface area contributed by atoms with Crippen LogP contribution >= 0.6 is 0 Å².